The van der Waals surface area contributed by atoms with E-state index in [-0.39, 0.29) is 5.69 Å². The Balaban J connectivity index is 1.88. The van der Waals surface area contributed by atoms with Crippen LogP contribution in [0.3, 0.4) is 0 Å². The monoisotopic (exact) mass is 423 g/mol. The summed E-state index contributed by atoms with van der Waals surface area (Å²) in [5.74, 6) is 0. The first-order chi connectivity index (χ1) is 14.1. The predicted molar refractivity (Wildman–Crippen MR) is 115 cm³/mol. The van der Waals surface area contributed by atoms with Crippen molar-refractivity contribution in [1.82, 2.24) is 14.8 Å². The Labute approximate surface area is 175 Å². The van der Waals surface area contributed by atoms with Gasteiger partial charge in [0.2, 0.25) is 0 Å². The molecular formula is C21H21N5O3S. The van der Waals surface area contributed by atoms with Crippen LogP contribution in [0.1, 0.15) is 36.1 Å². The van der Waals surface area contributed by atoms with Crippen LogP contribution in [0.4, 0.5) is 5.69 Å². The van der Waals surface area contributed by atoms with Crippen molar-refractivity contribution >= 4 is 28.1 Å². The summed E-state index contributed by atoms with van der Waals surface area (Å²) in [7, 11) is -4.30. The molecule has 0 amide bonds. The van der Waals surface area contributed by atoms with Gasteiger partial charge in [-0.15, -0.1) is 0 Å². The van der Waals surface area contributed by atoms with Gasteiger partial charge in [-0.25, -0.2) is 9.67 Å². The van der Waals surface area contributed by atoms with E-state index in [4.69, 9.17) is 4.55 Å². The molecule has 0 saturated carbocycles. The average molecular weight is 423 g/mol. The molecule has 30 heavy (non-hydrogen) atoms. The molecule has 2 N–H and O–H groups in total. The van der Waals surface area contributed by atoms with E-state index in [1.165, 1.54) is 6.33 Å². The molecule has 0 fully saturated rings. The molecule has 1 aromatic heterocycles. The van der Waals surface area contributed by atoms with Gasteiger partial charge in [0, 0.05) is 0 Å². The minimum atomic E-state index is -4.30. The molecule has 0 aliphatic carbocycles. The Kier molecular flexibility index (Phi) is 6.01. The first-order valence-electron chi connectivity index (χ1n) is 9.06. The van der Waals surface area contributed by atoms with E-state index in [0.29, 0.717) is 6.54 Å². The lowest BCUT2D eigenvalue weighted by atomic mass is 9.84. The standard InChI is InChI=1S/C21H21N5O3S/c1-21(2,13-22)19-10-17(9-18(11-19)12-26-15-23-14-24-26)4-3-16-5-7-20(8-6-16)25-30(27,28)29/h3-11,14-15,25H,12H2,1-2H3,(H,27,28,29). The molecule has 2 aromatic carbocycles. The van der Waals surface area contributed by atoms with Crippen LogP contribution in [0.25, 0.3) is 12.2 Å². The van der Waals surface area contributed by atoms with E-state index in [1.54, 1.807) is 35.3 Å². The topological polar surface area (TPSA) is 121 Å². The van der Waals surface area contributed by atoms with Gasteiger partial charge in [-0.05, 0) is 54.3 Å². The lowest BCUT2D eigenvalue weighted by Crippen LogP contribution is -2.15. The molecule has 8 nitrogen and oxygen atoms in total. The molecule has 0 aliphatic heterocycles. The highest BCUT2D eigenvalue weighted by Gasteiger charge is 2.20. The van der Waals surface area contributed by atoms with Crippen molar-refractivity contribution < 1.29 is 13.0 Å². The number of anilines is 1. The molecule has 0 saturated heterocycles. The number of nitrogens with zero attached hydrogens (tertiary/aromatic N) is 4. The summed E-state index contributed by atoms with van der Waals surface area (Å²) in [5.41, 5.74) is 3.28. The van der Waals surface area contributed by atoms with Crippen molar-refractivity contribution in [3.8, 4) is 6.07 Å². The zero-order valence-corrected chi connectivity index (χ0v) is 17.3. The average Bonchev–Trinajstić information content (AvgIpc) is 3.19. The quantitative estimate of drug-likeness (QED) is 0.443. The van der Waals surface area contributed by atoms with Gasteiger partial charge in [0.15, 0.2) is 0 Å². The molecule has 0 atom stereocenters. The van der Waals surface area contributed by atoms with Gasteiger partial charge in [0.1, 0.15) is 12.7 Å². The number of hydrogen-bond donors (Lipinski definition) is 2. The highest BCUT2D eigenvalue weighted by Crippen LogP contribution is 2.26. The third-order valence-corrected chi connectivity index (χ3v) is 4.95. The second-order valence-electron chi connectivity index (χ2n) is 7.33. The largest absolute Gasteiger partial charge is 0.357 e. The second kappa shape index (κ2) is 8.49. The van der Waals surface area contributed by atoms with Gasteiger partial charge in [0.05, 0.1) is 23.7 Å². The zero-order valence-electron chi connectivity index (χ0n) is 16.5. The van der Waals surface area contributed by atoms with Gasteiger partial charge >= 0.3 is 10.3 Å². The molecule has 0 radical (unpaired) electrons. The normalized spacial score (nSPS) is 12.1. The van der Waals surface area contributed by atoms with Crippen molar-refractivity contribution in [2.45, 2.75) is 25.8 Å². The molecule has 3 aromatic rings. The van der Waals surface area contributed by atoms with E-state index in [0.717, 1.165) is 22.3 Å². The number of nitriles is 1. The van der Waals surface area contributed by atoms with Crippen LogP contribution in [0, 0.1) is 11.3 Å². The molecule has 3 rings (SSSR count). The third-order valence-electron chi connectivity index (χ3n) is 4.45. The minimum Gasteiger partial charge on any atom is -0.269 e. The molecular weight excluding hydrogens is 402 g/mol. The highest BCUT2D eigenvalue weighted by atomic mass is 32.2. The smallest absolute Gasteiger partial charge is 0.269 e. The molecule has 0 bridgehead atoms. The van der Waals surface area contributed by atoms with E-state index in [9.17, 15) is 13.7 Å². The second-order valence-corrected chi connectivity index (χ2v) is 8.48. The fourth-order valence-corrected chi connectivity index (χ4v) is 3.27. The zero-order chi connectivity index (χ0) is 21.8. The SMILES string of the molecule is CC(C)(C#N)c1cc(C=Cc2ccc(NS(=O)(=O)O)cc2)cc(Cn2cncn2)c1. The first kappa shape index (κ1) is 21.2. The van der Waals surface area contributed by atoms with Crippen molar-refractivity contribution in [2.75, 3.05) is 4.72 Å². The molecule has 0 aliphatic rings. The molecule has 0 unspecified atom stereocenters. The number of rotatable bonds is 7. The molecule has 1 heterocycles. The summed E-state index contributed by atoms with van der Waals surface area (Å²) in [6, 6.07) is 14.9. The van der Waals surface area contributed by atoms with Crippen LogP contribution in [-0.2, 0) is 22.3 Å². The van der Waals surface area contributed by atoms with E-state index >= 15 is 0 Å². The lowest BCUT2D eigenvalue weighted by Gasteiger charge is -2.18. The van der Waals surface area contributed by atoms with Crippen molar-refractivity contribution in [1.29, 1.82) is 5.26 Å². The number of benzene rings is 2. The van der Waals surface area contributed by atoms with Crippen LogP contribution < -0.4 is 4.72 Å². The van der Waals surface area contributed by atoms with Crippen molar-refractivity contribution in [2.24, 2.45) is 0 Å². The fraction of sp³-hybridized carbons (Fsp3) is 0.190. The first-order valence-corrected chi connectivity index (χ1v) is 10.5. The minimum absolute atomic E-state index is 0.266. The maximum Gasteiger partial charge on any atom is 0.357 e. The summed E-state index contributed by atoms with van der Waals surface area (Å²) in [6.07, 6.45) is 6.92. The van der Waals surface area contributed by atoms with Crippen LogP contribution in [0.2, 0.25) is 0 Å². The Bertz CT molecular complexity index is 1190. The fourth-order valence-electron chi connectivity index (χ4n) is 2.84. The van der Waals surface area contributed by atoms with Crippen LogP contribution in [0.15, 0.2) is 55.1 Å². The van der Waals surface area contributed by atoms with Gasteiger partial charge in [-0.3, -0.25) is 9.27 Å². The van der Waals surface area contributed by atoms with E-state index < -0.39 is 15.7 Å². The Hall–Kier alpha value is -3.48. The summed E-state index contributed by atoms with van der Waals surface area (Å²) in [5, 5.41) is 13.7. The van der Waals surface area contributed by atoms with Crippen LogP contribution in [0.5, 0.6) is 0 Å². The Morgan fingerprint density at radius 3 is 2.47 bits per heavy atom. The Morgan fingerprint density at radius 1 is 1.17 bits per heavy atom. The summed E-state index contributed by atoms with van der Waals surface area (Å²) < 4.78 is 34.3. The summed E-state index contributed by atoms with van der Waals surface area (Å²) in [6.45, 7) is 4.28. The van der Waals surface area contributed by atoms with Crippen LogP contribution in [-0.4, -0.2) is 27.7 Å². The number of nitrogens with one attached hydrogen (secondary N) is 1. The summed E-state index contributed by atoms with van der Waals surface area (Å²) >= 11 is 0. The van der Waals surface area contributed by atoms with E-state index in [1.807, 2.05) is 48.9 Å². The van der Waals surface area contributed by atoms with Crippen molar-refractivity contribution in [3.05, 3.63) is 77.4 Å². The number of aromatic nitrogens is 3. The molecule has 0 spiro atoms. The lowest BCUT2D eigenvalue weighted by molar-refractivity contribution is 0.489. The predicted octanol–water partition coefficient (Wildman–Crippen LogP) is 3.51. The Morgan fingerprint density at radius 2 is 1.87 bits per heavy atom. The molecule has 154 valence electrons. The van der Waals surface area contributed by atoms with Crippen molar-refractivity contribution in [3.63, 3.8) is 0 Å². The maximum absolute atomic E-state index is 10.9. The van der Waals surface area contributed by atoms with Gasteiger partial charge in [0.25, 0.3) is 0 Å². The summed E-state index contributed by atoms with van der Waals surface area (Å²) in [4.78, 5) is 3.96. The van der Waals surface area contributed by atoms with Crippen LogP contribution >= 0.6 is 0 Å². The highest BCUT2D eigenvalue weighted by molar-refractivity contribution is 7.87. The third kappa shape index (κ3) is 5.76. The van der Waals surface area contributed by atoms with E-state index in [2.05, 4.69) is 16.2 Å². The van der Waals surface area contributed by atoms with Gasteiger partial charge in [-0.1, -0.05) is 36.4 Å². The molecule has 9 heteroatoms. The number of hydrogen-bond acceptors (Lipinski definition) is 5. The maximum atomic E-state index is 10.9. The van der Waals surface area contributed by atoms with Gasteiger partial charge < -0.3 is 0 Å². The van der Waals surface area contributed by atoms with Gasteiger partial charge in [-0.2, -0.15) is 18.8 Å².